The van der Waals surface area contributed by atoms with Gasteiger partial charge in [-0.05, 0) is 49.9 Å². The number of nitrogens with zero attached hydrogens (tertiary/aromatic N) is 1. The summed E-state index contributed by atoms with van der Waals surface area (Å²) in [7, 11) is 0. The van der Waals surface area contributed by atoms with Crippen molar-refractivity contribution in [3.63, 3.8) is 0 Å². The highest BCUT2D eigenvalue weighted by atomic mass is 35.5. The smallest absolute Gasteiger partial charge is 0.155 e. The zero-order valence-electron chi connectivity index (χ0n) is 11.4. The van der Waals surface area contributed by atoms with E-state index in [1.54, 1.807) is 0 Å². The van der Waals surface area contributed by atoms with Gasteiger partial charge in [-0.25, -0.2) is 0 Å². The minimum atomic E-state index is 0.270. The highest BCUT2D eigenvalue weighted by Gasteiger charge is 2.32. The highest BCUT2D eigenvalue weighted by Crippen LogP contribution is 2.33. The fourth-order valence-corrected chi connectivity index (χ4v) is 3.49. The van der Waals surface area contributed by atoms with E-state index in [1.807, 2.05) is 24.3 Å². The van der Waals surface area contributed by atoms with Crippen LogP contribution >= 0.6 is 11.6 Å². The second-order valence-corrected chi connectivity index (χ2v) is 6.19. The standard InChI is InChI=1S/C16H22ClNO/c17-14-7-9-15(10-8-14)19-16(13-5-1-2-6-13)18-11-3-4-12-18/h7-10,13,16H,1-6,11-12H2. The Labute approximate surface area is 120 Å². The van der Waals surface area contributed by atoms with E-state index < -0.39 is 0 Å². The predicted molar refractivity (Wildman–Crippen MR) is 78.6 cm³/mol. The SMILES string of the molecule is Clc1ccc(OC(C2CCCC2)N2CCCC2)cc1. The van der Waals surface area contributed by atoms with Gasteiger partial charge >= 0.3 is 0 Å². The van der Waals surface area contributed by atoms with Crippen LogP contribution in [0.3, 0.4) is 0 Å². The minimum Gasteiger partial charge on any atom is -0.475 e. The molecule has 1 atom stereocenters. The zero-order valence-corrected chi connectivity index (χ0v) is 12.1. The van der Waals surface area contributed by atoms with Gasteiger partial charge in [-0.2, -0.15) is 0 Å². The molecule has 2 nitrogen and oxygen atoms in total. The third-order valence-corrected chi connectivity index (χ3v) is 4.63. The van der Waals surface area contributed by atoms with Crippen molar-refractivity contribution >= 4 is 11.6 Å². The molecule has 19 heavy (non-hydrogen) atoms. The molecule has 0 aromatic heterocycles. The first kappa shape index (κ1) is 13.3. The second-order valence-electron chi connectivity index (χ2n) is 5.75. The van der Waals surface area contributed by atoms with Crippen LogP contribution in [0.15, 0.2) is 24.3 Å². The molecule has 3 heteroatoms. The minimum absolute atomic E-state index is 0.270. The molecule has 0 bridgehead atoms. The lowest BCUT2D eigenvalue weighted by Crippen LogP contribution is -2.42. The summed E-state index contributed by atoms with van der Waals surface area (Å²) in [5.74, 6) is 1.65. The highest BCUT2D eigenvalue weighted by molar-refractivity contribution is 6.30. The molecule has 1 unspecified atom stereocenters. The molecule has 104 valence electrons. The maximum absolute atomic E-state index is 6.30. The number of benzene rings is 1. The van der Waals surface area contributed by atoms with Gasteiger partial charge in [-0.1, -0.05) is 24.4 Å². The molecule has 3 rings (SSSR count). The summed E-state index contributed by atoms with van der Waals surface area (Å²) in [5, 5.41) is 0.769. The van der Waals surface area contributed by atoms with Crippen molar-refractivity contribution < 1.29 is 4.74 Å². The fraction of sp³-hybridized carbons (Fsp3) is 0.625. The Bertz CT molecular complexity index is 378. The van der Waals surface area contributed by atoms with Crippen molar-refractivity contribution in [3.8, 4) is 5.75 Å². The van der Waals surface area contributed by atoms with Crippen molar-refractivity contribution in [2.75, 3.05) is 13.1 Å². The summed E-state index contributed by atoms with van der Waals surface area (Å²) in [5.41, 5.74) is 0. The lowest BCUT2D eigenvalue weighted by atomic mass is 10.1. The van der Waals surface area contributed by atoms with Crippen molar-refractivity contribution in [1.82, 2.24) is 4.90 Å². The molecule has 1 aliphatic heterocycles. The topological polar surface area (TPSA) is 12.5 Å². The molecule has 2 fully saturated rings. The number of hydrogen-bond acceptors (Lipinski definition) is 2. The van der Waals surface area contributed by atoms with E-state index in [9.17, 15) is 0 Å². The number of likely N-dealkylation sites (tertiary alicyclic amines) is 1. The Balaban J connectivity index is 1.72. The van der Waals surface area contributed by atoms with Gasteiger partial charge in [0, 0.05) is 24.0 Å². The van der Waals surface area contributed by atoms with Gasteiger partial charge in [0.2, 0.25) is 0 Å². The average molecular weight is 280 g/mol. The van der Waals surface area contributed by atoms with Crippen LogP contribution in [0.25, 0.3) is 0 Å². The van der Waals surface area contributed by atoms with E-state index in [2.05, 4.69) is 4.90 Å². The lowest BCUT2D eigenvalue weighted by Gasteiger charge is -2.32. The first-order chi connectivity index (χ1) is 9.33. The first-order valence-corrected chi connectivity index (χ1v) is 7.87. The maximum Gasteiger partial charge on any atom is 0.155 e. The van der Waals surface area contributed by atoms with Gasteiger partial charge < -0.3 is 4.74 Å². The number of halogens is 1. The van der Waals surface area contributed by atoms with Crippen molar-refractivity contribution in [2.24, 2.45) is 5.92 Å². The Morgan fingerprint density at radius 2 is 1.63 bits per heavy atom. The normalized spacial score (nSPS) is 22.8. The van der Waals surface area contributed by atoms with Gasteiger partial charge in [0.05, 0.1) is 0 Å². The summed E-state index contributed by atoms with van der Waals surface area (Å²) in [6.45, 7) is 2.38. The average Bonchev–Trinajstić information content (AvgIpc) is 3.11. The third kappa shape index (κ3) is 3.24. The summed E-state index contributed by atoms with van der Waals surface area (Å²) in [6, 6.07) is 7.79. The van der Waals surface area contributed by atoms with Crippen LogP contribution in [0.5, 0.6) is 5.75 Å². The molecule has 0 N–H and O–H groups in total. The van der Waals surface area contributed by atoms with Crippen LogP contribution in [-0.2, 0) is 0 Å². The second kappa shape index (κ2) is 6.15. The van der Waals surface area contributed by atoms with Gasteiger partial charge in [0.1, 0.15) is 5.75 Å². The number of hydrogen-bond donors (Lipinski definition) is 0. The summed E-state index contributed by atoms with van der Waals surface area (Å²) < 4.78 is 6.30. The monoisotopic (exact) mass is 279 g/mol. The Kier molecular flexibility index (Phi) is 4.29. The van der Waals surface area contributed by atoms with Crippen LogP contribution in [0.2, 0.25) is 5.02 Å². The summed E-state index contributed by atoms with van der Waals surface area (Å²) >= 11 is 5.94. The first-order valence-electron chi connectivity index (χ1n) is 7.49. The van der Waals surface area contributed by atoms with Crippen LogP contribution in [0.1, 0.15) is 38.5 Å². The predicted octanol–water partition coefficient (Wildman–Crippen LogP) is 4.33. The quantitative estimate of drug-likeness (QED) is 0.813. The molecule has 0 spiro atoms. The molecule has 0 radical (unpaired) electrons. The molecule has 1 aromatic rings. The maximum atomic E-state index is 6.30. The molecule has 1 saturated carbocycles. The molecule has 1 aliphatic carbocycles. The Morgan fingerprint density at radius 1 is 1.00 bits per heavy atom. The summed E-state index contributed by atoms with van der Waals surface area (Å²) in [6.07, 6.45) is 8.24. The van der Waals surface area contributed by atoms with Gasteiger partial charge in [0.15, 0.2) is 6.23 Å². The van der Waals surface area contributed by atoms with Crippen molar-refractivity contribution in [3.05, 3.63) is 29.3 Å². The van der Waals surface area contributed by atoms with Crippen LogP contribution in [-0.4, -0.2) is 24.2 Å². The molecular weight excluding hydrogens is 258 g/mol. The van der Waals surface area contributed by atoms with Gasteiger partial charge in [-0.15, -0.1) is 0 Å². The van der Waals surface area contributed by atoms with Crippen molar-refractivity contribution in [2.45, 2.75) is 44.8 Å². The van der Waals surface area contributed by atoms with E-state index in [0.29, 0.717) is 5.92 Å². The third-order valence-electron chi connectivity index (χ3n) is 4.37. The van der Waals surface area contributed by atoms with E-state index in [0.717, 1.165) is 10.8 Å². The van der Waals surface area contributed by atoms with Crippen molar-refractivity contribution in [1.29, 1.82) is 0 Å². The van der Waals surface area contributed by atoms with E-state index in [-0.39, 0.29) is 6.23 Å². The van der Waals surface area contributed by atoms with Gasteiger partial charge in [-0.3, -0.25) is 4.90 Å². The van der Waals surface area contributed by atoms with Crippen LogP contribution in [0, 0.1) is 5.92 Å². The Hall–Kier alpha value is -0.730. The summed E-state index contributed by atoms with van der Waals surface area (Å²) in [4.78, 5) is 2.53. The van der Waals surface area contributed by atoms with E-state index >= 15 is 0 Å². The van der Waals surface area contributed by atoms with Gasteiger partial charge in [0.25, 0.3) is 0 Å². The molecule has 0 amide bonds. The molecule has 2 aliphatic rings. The lowest BCUT2D eigenvalue weighted by molar-refractivity contribution is -0.00304. The number of ether oxygens (including phenoxy) is 1. The van der Waals surface area contributed by atoms with Crippen LogP contribution < -0.4 is 4.74 Å². The molecule has 1 saturated heterocycles. The molecule has 1 aromatic carbocycles. The molecule has 1 heterocycles. The Morgan fingerprint density at radius 3 is 2.26 bits per heavy atom. The molecular formula is C16H22ClNO. The fourth-order valence-electron chi connectivity index (χ4n) is 3.36. The largest absolute Gasteiger partial charge is 0.475 e. The van der Waals surface area contributed by atoms with Crippen LogP contribution in [0.4, 0.5) is 0 Å². The zero-order chi connectivity index (χ0) is 13.1. The van der Waals surface area contributed by atoms with E-state index in [4.69, 9.17) is 16.3 Å². The number of rotatable bonds is 4. The van der Waals surface area contributed by atoms with E-state index in [1.165, 1.54) is 51.6 Å².